The van der Waals surface area contributed by atoms with Crippen molar-refractivity contribution < 1.29 is 91.4 Å². The lowest BCUT2D eigenvalue weighted by Gasteiger charge is -2.59. The van der Waals surface area contributed by atoms with Crippen LogP contribution < -0.4 is 0 Å². The summed E-state index contributed by atoms with van der Waals surface area (Å²) in [6.07, 6.45) is 43.9. The Hall–Kier alpha value is -7.84. The number of ketones is 9. The number of hydrogen-bond donors (Lipinski definition) is 2. The summed E-state index contributed by atoms with van der Waals surface area (Å²) in [4.78, 5) is 146. The standard InChI is InChI=1S/C26H32O5.C24H32O5.C24H30O5.C24H28O4/c1-15-12-18-19(23(3)9-6-17(28)13-21(15)23)7-10-24(4)20(18)8-11-26(24)22(29)14-30-25(5,31-26)16(2)27;1-14-11-17-18(22(3)8-5-16(26)12-20(14)22)6-9-23(4)19(17)7-10-24(23,28)21(27)13-29-15(2)25;1-14-11-17-18(22(3)8-5-16(27)12-20(14)22)6-9-23(4)19(17)7-10-24(23,21(28)13-25)29-15(2)26;1-14-11-17-18-5-6-20(22(27)13-28-15(2)25)23(18,3)10-8-19(17)24(4)9-7-16(26)12-21(14)24/h6-7,9,13,15,18,20H,8,10-12,14H2,1-5H3;5,8,12,14,17-19,28H,6-7,9-11,13H2,1-4H3;5-6,8,12,14,17,19,25H,7,9-11,13H2,1-4H3;6-9,12,14,17-18H,5,10-11,13H2,1-4H3/t15-,18?,20?,23+,24-,25?,26-;14-,17?,18?,19?,22+,23-,24-;14-,17?,19?,22+,23-,24-;14-,17?,18?,23-,24+/m0000/s1. The lowest BCUT2D eigenvalue weighted by molar-refractivity contribution is -0.301. The van der Waals surface area contributed by atoms with E-state index in [1.165, 1.54) is 66.7 Å². The third-order valence-corrected chi connectivity index (χ3v) is 34.1. The molecular weight excluding hydrogens is 1480 g/mol. The van der Waals surface area contributed by atoms with Crippen molar-refractivity contribution >= 4 is 70.0 Å². The summed E-state index contributed by atoms with van der Waals surface area (Å²) in [5, 5.41) is 21.2. The van der Waals surface area contributed by atoms with Crippen LogP contribution in [0.5, 0.6) is 0 Å². The Bertz CT molecular complexity index is 4750. The number of aliphatic hydroxyl groups excluding tert-OH is 1. The van der Waals surface area contributed by atoms with Crippen LogP contribution >= 0.6 is 0 Å². The molecule has 19 nitrogen and oxygen atoms in total. The molecule has 16 aliphatic carbocycles. The number of rotatable bonds is 10. The minimum absolute atomic E-state index is 0.0353. The Morgan fingerprint density at radius 2 is 0.923 bits per heavy atom. The summed E-state index contributed by atoms with van der Waals surface area (Å²) in [5.41, 5.74) is 3.63. The van der Waals surface area contributed by atoms with Gasteiger partial charge in [-0.2, -0.15) is 0 Å². The molecule has 1 spiro atoms. The van der Waals surface area contributed by atoms with Crippen molar-refractivity contribution in [3.63, 3.8) is 0 Å². The number of esters is 3. The molecule has 0 bridgehead atoms. The van der Waals surface area contributed by atoms with E-state index in [4.69, 9.17) is 23.7 Å². The zero-order valence-corrected chi connectivity index (χ0v) is 71.7. The molecule has 0 aromatic carbocycles. The third-order valence-electron chi connectivity index (χ3n) is 34.1. The van der Waals surface area contributed by atoms with Gasteiger partial charge in [-0.25, -0.2) is 0 Å². The summed E-state index contributed by atoms with van der Waals surface area (Å²) in [6.45, 7) is 32.0. The average Bonchev–Trinajstić information content (AvgIpc) is 1.63. The highest BCUT2D eigenvalue weighted by Crippen LogP contribution is 2.72. The topological polar surface area (TPSA) is 291 Å². The lowest BCUT2D eigenvalue weighted by Crippen LogP contribution is -2.65. The molecule has 0 radical (unpaired) electrons. The first-order valence-electron chi connectivity index (χ1n) is 43.2. The maximum Gasteiger partial charge on any atom is 0.303 e. The summed E-state index contributed by atoms with van der Waals surface area (Å²) in [5.74, 6) is 0.527. The molecule has 9 fully saturated rings. The molecule has 0 aromatic heterocycles. The first kappa shape index (κ1) is 85.6. The highest BCUT2D eigenvalue weighted by molar-refractivity contribution is 6.04. The van der Waals surface area contributed by atoms with Crippen molar-refractivity contribution in [2.75, 3.05) is 26.4 Å². The van der Waals surface area contributed by atoms with E-state index in [0.717, 1.165) is 82.6 Å². The SMILES string of the molecule is CC(=O)C1(C)OCC(=O)[C@]2(CCC3C4C[C@H](C)C5=CC(=O)C=C[C@]5(C)C4=CC[C@@]32C)O1.CC(=O)OCC(=O)C1=CCC2C3C[C@H](C)C4=CC(=O)C=C[C@]4(C)C3=CC[C@]12C.CC(=O)OCC(=O)[C@@]1(O)CCC2C3C[C@H](C)C4=CC(=O)C=C[C@]4(C)C3CC[C@@]21C.CC(=O)O[C@]1(C(=O)CO)CCC2C3C[C@H](C)C4=CC(=O)C=C[C@]4(C)C3=CC[C@@]21C. The van der Waals surface area contributed by atoms with Crippen molar-refractivity contribution in [3.8, 4) is 0 Å². The number of allylic oxidation sites excluding steroid dienone is 23. The Morgan fingerprint density at radius 1 is 0.470 bits per heavy atom. The Kier molecular flexibility index (Phi) is 21.8. The lowest BCUT2D eigenvalue weighted by atomic mass is 9.45. The minimum atomic E-state index is -1.43. The van der Waals surface area contributed by atoms with Crippen LogP contribution in [0.1, 0.15) is 220 Å². The van der Waals surface area contributed by atoms with Gasteiger partial charge in [0.15, 0.2) is 59.3 Å². The van der Waals surface area contributed by atoms with Gasteiger partial charge in [-0.05, 0) is 273 Å². The monoisotopic (exact) mass is 1600 g/mol. The zero-order chi connectivity index (χ0) is 85.0. The molecule has 25 atom stereocenters. The molecule has 1 heterocycles. The molecular formula is C98H122O19. The van der Waals surface area contributed by atoms with Crippen LogP contribution in [0.2, 0.25) is 0 Å². The van der Waals surface area contributed by atoms with Gasteiger partial charge in [0.25, 0.3) is 0 Å². The second-order valence-corrected chi connectivity index (χ2v) is 40.0. The fourth-order valence-corrected chi connectivity index (χ4v) is 28.0. The van der Waals surface area contributed by atoms with Gasteiger partial charge in [0.1, 0.15) is 24.4 Å². The molecule has 19 heteroatoms. The van der Waals surface area contributed by atoms with Gasteiger partial charge in [-0.15, -0.1) is 0 Å². The number of Topliss-reactive ketones (excluding diaryl/α,β-unsaturated/α-hetero) is 5. The summed E-state index contributed by atoms with van der Waals surface area (Å²) < 4.78 is 27.6. The molecule has 117 heavy (non-hydrogen) atoms. The average molecular weight is 1600 g/mol. The van der Waals surface area contributed by atoms with E-state index in [-0.39, 0.29) is 128 Å². The molecule has 10 unspecified atom stereocenters. The van der Waals surface area contributed by atoms with E-state index < -0.39 is 63.7 Å². The van der Waals surface area contributed by atoms with E-state index in [0.29, 0.717) is 73.0 Å². The van der Waals surface area contributed by atoms with Crippen molar-refractivity contribution in [1.82, 2.24) is 0 Å². The number of aliphatic hydroxyl groups is 2. The molecule has 17 rings (SSSR count). The Morgan fingerprint density at radius 3 is 1.44 bits per heavy atom. The first-order chi connectivity index (χ1) is 54.7. The highest BCUT2D eigenvalue weighted by Gasteiger charge is 2.72. The van der Waals surface area contributed by atoms with Crippen LogP contribution in [-0.4, -0.2) is 129 Å². The maximum absolute atomic E-state index is 13.3. The molecule has 0 amide bonds. The van der Waals surface area contributed by atoms with Crippen LogP contribution in [0.3, 0.4) is 0 Å². The molecule has 17 aliphatic rings. The molecule has 1 aliphatic heterocycles. The number of ether oxygens (including phenoxy) is 5. The summed E-state index contributed by atoms with van der Waals surface area (Å²) in [6, 6.07) is 0. The van der Waals surface area contributed by atoms with E-state index in [1.807, 2.05) is 31.2 Å². The quantitative estimate of drug-likeness (QED) is 0.117. The first-order valence-corrected chi connectivity index (χ1v) is 43.2. The van der Waals surface area contributed by atoms with Gasteiger partial charge < -0.3 is 33.9 Å². The van der Waals surface area contributed by atoms with Crippen molar-refractivity contribution in [1.29, 1.82) is 0 Å². The van der Waals surface area contributed by atoms with Crippen molar-refractivity contribution in [2.24, 2.45) is 120 Å². The van der Waals surface area contributed by atoms with Gasteiger partial charge >= 0.3 is 17.9 Å². The third kappa shape index (κ3) is 13.1. The summed E-state index contributed by atoms with van der Waals surface area (Å²) >= 11 is 0. The van der Waals surface area contributed by atoms with E-state index in [1.54, 1.807) is 37.3 Å². The van der Waals surface area contributed by atoms with Gasteiger partial charge in [0.2, 0.25) is 17.4 Å². The number of fused-ring (bicyclic) bond motifs is 21. The van der Waals surface area contributed by atoms with Crippen LogP contribution in [0, 0.1) is 120 Å². The zero-order valence-electron chi connectivity index (χ0n) is 71.7. The van der Waals surface area contributed by atoms with Crippen LogP contribution in [0.25, 0.3) is 0 Å². The smallest absolute Gasteiger partial charge is 0.303 e. The van der Waals surface area contributed by atoms with Crippen LogP contribution in [0.15, 0.2) is 142 Å². The minimum Gasteiger partial charge on any atom is -0.458 e. The van der Waals surface area contributed by atoms with Gasteiger partial charge in [-0.1, -0.05) is 133 Å². The fourth-order valence-electron chi connectivity index (χ4n) is 28.0. The van der Waals surface area contributed by atoms with E-state index in [2.05, 4.69) is 119 Å². The van der Waals surface area contributed by atoms with Gasteiger partial charge in [-0.3, -0.25) is 57.5 Å². The van der Waals surface area contributed by atoms with E-state index >= 15 is 0 Å². The number of carbonyl (C=O) groups is 12. The molecule has 628 valence electrons. The second-order valence-electron chi connectivity index (χ2n) is 40.0. The fraction of sp³-hybridized carbons (Fsp3) is 0.633. The molecule has 8 saturated carbocycles. The van der Waals surface area contributed by atoms with E-state index in [9.17, 15) is 67.7 Å². The van der Waals surface area contributed by atoms with Crippen LogP contribution in [-0.2, 0) is 81.2 Å². The van der Waals surface area contributed by atoms with Crippen molar-refractivity contribution in [2.45, 2.75) is 243 Å². The van der Waals surface area contributed by atoms with Crippen molar-refractivity contribution in [3.05, 3.63) is 142 Å². The second kappa shape index (κ2) is 29.8. The predicted molar refractivity (Wildman–Crippen MR) is 437 cm³/mol. The highest BCUT2D eigenvalue weighted by atomic mass is 16.7. The maximum atomic E-state index is 13.3. The normalized spacial score (nSPS) is 44.1. The largest absolute Gasteiger partial charge is 0.458 e. The number of hydrogen-bond acceptors (Lipinski definition) is 19. The Balaban J connectivity index is 0.000000128. The van der Waals surface area contributed by atoms with Crippen LogP contribution in [0.4, 0.5) is 0 Å². The molecule has 1 saturated heterocycles. The number of carbonyl (C=O) groups excluding carboxylic acids is 12. The predicted octanol–water partition coefficient (Wildman–Crippen LogP) is 15.0. The summed E-state index contributed by atoms with van der Waals surface area (Å²) in [7, 11) is 0. The van der Waals surface area contributed by atoms with Gasteiger partial charge in [0, 0.05) is 76.6 Å². The molecule has 0 aromatic rings. The van der Waals surface area contributed by atoms with Gasteiger partial charge in [0.05, 0.1) is 0 Å². The Labute approximate surface area is 689 Å². The molecule has 2 N–H and O–H groups in total.